The third kappa shape index (κ3) is 4.16. The molecular formula is C17H20O8. The fourth-order valence-electron chi connectivity index (χ4n) is 2.38. The molecule has 25 heavy (non-hydrogen) atoms. The van der Waals surface area contributed by atoms with Crippen LogP contribution >= 0.6 is 0 Å². The molecule has 0 radical (unpaired) electrons. The van der Waals surface area contributed by atoms with Gasteiger partial charge in [-0.2, -0.15) is 0 Å². The van der Waals surface area contributed by atoms with Gasteiger partial charge in [0.25, 0.3) is 0 Å². The summed E-state index contributed by atoms with van der Waals surface area (Å²) in [6, 6.07) is 3.65. The Hall–Kier alpha value is -2.87. The second-order valence-electron chi connectivity index (χ2n) is 5.69. The molecule has 3 unspecified atom stereocenters. The summed E-state index contributed by atoms with van der Waals surface area (Å²) >= 11 is 0. The van der Waals surface area contributed by atoms with Crippen LogP contribution in [0.3, 0.4) is 0 Å². The van der Waals surface area contributed by atoms with E-state index in [1.54, 1.807) is 6.92 Å². The number of aromatic hydroxyl groups is 2. The van der Waals surface area contributed by atoms with Crippen molar-refractivity contribution < 1.29 is 39.9 Å². The third-order valence-corrected chi connectivity index (χ3v) is 4.12. The molecule has 0 amide bonds. The molecule has 0 aliphatic heterocycles. The van der Waals surface area contributed by atoms with Crippen LogP contribution in [0, 0.1) is 11.8 Å². The molecule has 0 saturated carbocycles. The molecule has 0 fully saturated rings. The van der Waals surface area contributed by atoms with E-state index in [0.717, 1.165) is 18.2 Å². The Labute approximate surface area is 143 Å². The third-order valence-electron chi connectivity index (χ3n) is 4.12. The van der Waals surface area contributed by atoms with E-state index in [-0.39, 0.29) is 17.7 Å². The zero-order valence-corrected chi connectivity index (χ0v) is 13.7. The van der Waals surface area contributed by atoms with Crippen molar-refractivity contribution in [2.75, 3.05) is 0 Å². The van der Waals surface area contributed by atoms with Crippen molar-refractivity contribution in [3.05, 3.63) is 29.8 Å². The normalized spacial score (nSPS) is 16.1. The SMILES string of the molecule is CCC(C)C(O)(C(=O)O)C(C(=O)O)C(=O)/C=C/c1ccc(O)c(O)c1. The monoisotopic (exact) mass is 352 g/mol. The molecule has 0 spiro atoms. The predicted molar refractivity (Wildman–Crippen MR) is 87.0 cm³/mol. The Morgan fingerprint density at radius 2 is 1.76 bits per heavy atom. The Bertz CT molecular complexity index is 709. The molecule has 0 saturated heterocycles. The minimum atomic E-state index is -2.76. The largest absolute Gasteiger partial charge is 0.504 e. The highest BCUT2D eigenvalue weighted by Gasteiger charge is 2.54. The highest BCUT2D eigenvalue weighted by molar-refractivity contribution is 6.10. The fourth-order valence-corrected chi connectivity index (χ4v) is 2.38. The molecular weight excluding hydrogens is 332 g/mol. The molecule has 0 aromatic heterocycles. The van der Waals surface area contributed by atoms with Crippen LogP contribution in [0.25, 0.3) is 6.08 Å². The molecule has 1 aromatic rings. The van der Waals surface area contributed by atoms with Gasteiger partial charge in [-0.25, -0.2) is 4.79 Å². The van der Waals surface area contributed by atoms with Gasteiger partial charge in [-0.3, -0.25) is 9.59 Å². The van der Waals surface area contributed by atoms with Crippen LogP contribution < -0.4 is 0 Å². The molecule has 0 bridgehead atoms. The lowest BCUT2D eigenvalue weighted by molar-refractivity contribution is -0.183. The standard InChI is InChI=1S/C17H20O8/c1-3-9(2)17(25,16(23)24)14(15(21)22)12(19)7-5-10-4-6-11(18)13(20)8-10/h4-9,14,18,20,25H,3H2,1-2H3,(H,21,22)(H,23,24)/b7-5+. The first-order valence-electron chi connectivity index (χ1n) is 7.48. The van der Waals surface area contributed by atoms with Gasteiger partial charge in [0.1, 0.15) is 0 Å². The zero-order valence-electron chi connectivity index (χ0n) is 13.7. The van der Waals surface area contributed by atoms with Gasteiger partial charge in [-0.15, -0.1) is 0 Å². The minimum absolute atomic E-state index is 0.148. The van der Waals surface area contributed by atoms with Gasteiger partial charge in [0, 0.05) is 0 Å². The lowest BCUT2D eigenvalue weighted by Crippen LogP contribution is -2.56. The van der Waals surface area contributed by atoms with Gasteiger partial charge in [-0.1, -0.05) is 32.4 Å². The van der Waals surface area contributed by atoms with Gasteiger partial charge in [-0.05, 0) is 29.7 Å². The second kappa shape index (κ2) is 7.80. The molecule has 8 heteroatoms. The molecule has 5 N–H and O–H groups in total. The number of rotatable bonds is 8. The molecule has 0 aliphatic carbocycles. The van der Waals surface area contributed by atoms with Crippen molar-refractivity contribution in [1.82, 2.24) is 0 Å². The number of aliphatic hydroxyl groups is 1. The number of allylic oxidation sites excluding steroid dienone is 1. The lowest BCUT2D eigenvalue weighted by atomic mass is 9.74. The van der Waals surface area contributed by atoms with E-state index in [1.165, 1.54) is 19.1 Å². The molecule has 136 valence electrons. The van der Waals surface area contributed by atoms with Gasteiger partial charge in [0.05, 0.1) is 0 Å². The summed E-state index contributed by atoms with van der Waals surface area (Å²) in [4.78, 5) is 35.2. The second-order valence-corrected chi connectivity index (χ2v) is 5.69. The number of ketones is 1. The maximum absolute atomic E-state index is 12.3. The van der Waals surface area contributed by atoms with Crippen molar-refractivity contribution in [2.24, 2.45) is 11.8 Å². The highest BCUT2D eigenvalue weighted by Crippen LogP contribution is 2.31. The molecule has 8 nitrogen and oxygen atoms in total. The number of carboxylic acid groups (broad SMARTS) is 2. The summed E-state index contributed by atoms with van der Waals surface area (Å²) in [6.07, 6.45) is 2.12. The Balaban J connectivity index is 3.23. The van der Waals surface area contributed by atoms with Crippen LogP contribution in [0.1, 0.15) is 25.8 Å². The number of carbonyl (C=O) groups excluding carboxylic acids is 1. The molecule has 3 atom stereocenters. The Morgan fingerprint density at radius 1 is 1.16 bits per heavy atom. The smallest absolute Gasteiger partial charge is 0.337 e. The first kappa shape index (κ1) is 20.2. The van der Waals surface area contributed by atoms with Crippen LogP contribution in [0.15, 0.2) is 24.3 Å². The summed E-state index contributed by atoms with van der Waals surface area (Å²) in [5.41, 5.74) is -2.49. The topological polar surface area (TPSA) is 152 Å². The maximum Gasteiger partial charge on any atom is 0.337 e. The lowest BCUT2D eigenvalue weighted by Gasteiger charge is -2.33. The summed E-state index contributed by atoms with van der Waals surface area (Å²) in [5, 5.41) is 47.6. The number of hydrogen-bond acceptors (Lipinski definition) is 6. The zero-order chi connectivity index (χ0) is 19.4. The number of carbonyl (C=O) groups is 3. The summed E-state index contributed by atoms with van der Waals surface area (Å²) < 4.78 is 0. The van der Waals surface area contributed by atoms with E-state index in [2.05, 4.69) is 0 Å². The van der Waals surface area contributed by atoms with E-state index in [9.17, 15) is 39.9 Å². The number of phenolic OH excluding ortho intramolecular Hbond substituents is 2. The van der Waals surface area contributed by atoms with E-state index in [4.69, 9.17) is 0 Å². The number of hydrogen-bond donors (Lipinski definition) is 5. The van der Waals surface area contributed by atoms with Gasteiger partial charge < -0.3 is 25.5 Å². The van der Waals surface area contributed by atoms with Crippen molar-refractivity contribution in [1.29, 1.82) is 0 Å². The first-order chi connectivity index (χ1) is 11.5. The Kier molecular flexibility index (Phi) is 6.30. The average molecular weight is 352 g/mol. The fraction of sp³-hybridized carbons (Fsp3) is 0.353. The maximum atomic E-state index is 12.3. The number of aliphatic carboxylic acids is 2. The van der Waals surface area contributed by atoms with E-state index < -0.39 is 40.9 Å². The first-order valence-corrected chi connectivity index (χ1v) is 7.48. The highest BCUT2D eigenvalue weighted by atomic mass is 16.4. The van der Waals surface area contributed by atoms with Gasteiger partial charge in [0.15, 0.2) is 28.8 Å². The van der Waals surface area contributed by atoms with Crippen LogP contribution in [0.2, 0.25) is 0 Å². The number of benzene rings is 1. The van der Waals surface area contributed by atoms with E-state index >= 15 is 0 Å². The average Bonchev–Trinajstić information content (AvgIpc) is 2.54. The van der Waals surface area contributed by atoms with Crippen LogP contribution in [0.4, 0.5) is 0 Å². The minimum Gasteiger partial charge on any atom is -0.504 e. The van der Waals surface area contributed by atoms with Crippen molar-refractivity contribution in [2.45, 2.75) is 25.9 Å². The quantitative estimate of drug-likeness (QED) is 0.266. The predicted octanol–water partition coefficient (Wildman–Crippen LogP) is 1.24. The van der Waals surface area contributed by atoms with E-state index in [0.29, 0.717) is 0 Å². The van der Waals surface area contributed by atoms with E-state index in [1.807, 2.05) is 0 Å². The van der Waals surface area contributed by atoms with Crippen molar-refractivity contribution in [3.8, 4) is 11.5 Å². The molecule has 1 aromatic carbocycles. The Morgan fingerprint density at radius 3 is 2.20 bits per heavy atom. The number of phenols is 2. The number of carboxylic acids is 2. The van der Waals surface area contributed by atoms with Crippen LogP contribution in [-0.4, -0.2) is 48.9 Å². The summed E-state index contributed by atoms with van der Waals surface area (Å²) in [5.74, 6) is -8.64. The van der Waals surface area contributed by atoms with Gasteiger partial charge in [0.2, 0.25) is 0 Å². The molecule has 1 rings (SSSR count). The molecule has 0 heterocycles. The van der Waals surface area contributed by atoms with Crippen molar-refractivity contribution >= 4 is 23.8 Å². The molecule has 0 aliphatic rings. The summed E-state index contributed by atoms with van der Waals surface area (Å²) in [6.45, 7) is 2.91. The van der Waals surface area contributed by atoms with Crippen LogP contribution in [-0.2, 0) is 14.4 Å². The van der Waals surface area contributed by atoms with Crippen molar-refractivity contribution in [3.63, 3.8) is 0 Å². The summed E-state index contributed by atoms with van der Waals surface area (Å²) in [7, 11) is 0. The van der Waals surface area contributed by atoms with Crippen LogP contribution in [0.5, 0.6) is 11.5 Å². The van der Waals surface area contributed by atoms with Gasteiger partial charge >= 0.3 is 11.9 Å².